The normalized spacial score (nSPS) is 15.9. The van der Waals surface area contributed by atoms with E-state index in [9.17, 15) is 24.3 Å². The molecule has 0 unspecified atom stereocenters. The fourth-order valence-electron chi connectivity index (χ4n) is 7.03. The number of amides is 2. The highest BCUT2D eigenvalue weighted by molar-refractivity contribution is 6.39. The number of nitrogens with one attached hydrogen (secondary N) is 2. The molecular weight excluding hydrogens is 785 g/mol. The number of nitrogens with zero attached hydrogens (tertiary/aromatic N) is 5. The van der Waals surface area contributed by atoms with Crippen LogP contribution in [0.2, 0.25) is 10.0 Å². The zero-order chi connectivity index (χ0) is 41.4. The molecule has 1 aliphatic heterocycles. The molecule has 5 aromatic rings. The number of aliphatic carboxylic acids is 1. The van der Waals surface area contributed by atoms with Crippen LogP contribution in [-0.4, -0.2) is 78.2 Å². The first-order valence-electron chi connectivity index (χ1n) is 18.9. The fraction of sp³-hybridized carbons (Fsp3) is 0.357. The number of hydrogen-bond acceptors (Lipinski definition) is 10. The topological polar surface area (TPSA) is 177 Å². The summed E-state index contributed by atoms with van der Waals surface area (Å²) in [5.74, 6) is -0.741. The average Bonchev–Trinajstić information content (AvgIpc) is 3.81. The number of carboxylic acid groups (broad SMARTS) is 1. The van der Waals surface area contributed by atoms with Crippen LogP contribution in [0.5, 0.6) is 5.88 Å². The fourth-order valence-corrected chi connectivity index (χ4v) is 7.69. The van der Waals surface area contributed by atoms with Crippen LogP contribution in [0.3, 0.4) is 0 Å². The van der Waals surface area contributed by atoms with Crippen LogP contribution in [-0.2, 0) is 27.4 Å². The van der Waals surface area contributed by atoms with Gasteiger partial charge in [0.25, 0.3) is 5.56 Å². The molecule has 2 amide bonds. The number of halogens is 2. The molecule has 3 aromatic heterocycles. The van der Waals surface area contributed by atoms with Gasteiger partial charge in [-0.25, -0.2) is 14.8 Å². The molecule has 1 aliphatic carbocycles. The lowest BCUT2D eigenvalue weighted by atomic mass is 9.97. The van der Waals surface area contributed by atoms with Crippen molar-refractivity contribution >= 4 is 46.8 Å². The SMILES string of the molecule is COc1nc(-c2cccc(-c3cccc(-c4ccn5c(=O)c(CNC6(CC(=O)O)CC6)cnc5c4)c3Cl)c2Cl)cnc1CN(C[C@@H]1CCC(=O)N1)C(=O)OC(C)(C)C. The van der Waals surface area contributed by atoms with Gasteiger partial charge in [0, 0.05) is 65.7 Å². The molecule has 0 bridgehead atoms. The van der Waals surface area contributed by atoms with Crippen LogP contribution in [0.1, 0.15) is 64.1 Å². The van der Waals surface area contributed by atoms with Crippen molar-refractivity contribution in [1.82, 2.24) is 34.9 Å². The van der Waals surface area contributed by atoms with Crippen molar-refractivity contribution in [3.8, 4) is 39.4 Å². The van der Waals surface area contributed by atoms with Gasteiger partial charge < -0.3 is 30.1 Å². The minimum atomic E-state index is -0.875. The molecule has 0 radical (unpaired) electrons. The molecule has 0 spiro atoms. The molecule has 2 fully saturated rings. The van der Waals surface area contributed by atoms with Crippen LogP contribution in [0.4, 0.5) is 4.79 Å². The van der Waals surface area contributed by atoms with Crippen molar-refractivity contribution in [3.05, 3.63) is 98.8 Å². The first kappa shape index (κ1) is 40.6. The molecule has 16 heteroatoms. The lowest BCUT2D eigenvalue weighted by Gasteiger charge is -2.29. The molecule has 1 atom stereocenters. The van der Waals surface area contributed by atoms with Crippen LogP contribution in [0.15, 0.2) is 71.9 Å². The van der Waals surface area contributed by atoms with Crippen molar-refractivity contribution in [2.24, 2.45) is 0 Å². The number of rotatable bonds is 13. The molecule has 1 saturated heterocycles. The van der Waals surface area contributed by atoms with Gasteiger partial charge in [-0.3, -0.25) is 23.8 Å². The van der Waals surface area contributed by atoms with Crippen molar-refractivity contribution in [3.63, 3.8) is 0 Å². The molecule has 4 heterocycles. The molecule has 1 saturated carbocycles. The number of ether oxygens (including phenoxy) is 2. The summed E-state index contributed by atoms with van der Waals surface area (Å²) in [4.78, 5) is 65.2. The lowest BCUT2D eigenvalue weighted by molar-refractivity contribution is -0.137. The Labute approximate surface area is 344 Å². The van der Waals surface area contributed by atoms with Gasteiger partial charge in [0.1, 0.15) is 16.9 Å². The highest BCUT2D eigenvalue weighted by atomic mass is 35.5. The van der Waals surface area contributed by atoms with Crippen molar-refractivity contribution < 1.29 is 29.0 Å². The van der Waals surface area contributed by atoms with Crippen LogP contribution < -0.4 is 20.9 Å². The summed E-state index contributed by atoms with van der Waals surface area (Å²) < 4.78 is 12.8. The second-order valence-electron chi connectivity index (χ2n) is 15.6. The zero-order valence-electron chi connectivity index (χ0n) is 32.5. The van der Waals surface area contributed by atoms with E-state index in [1.807, 2.05) is 36.4 Å². The molecule has 58 heavy (non-hydrogen) atoms. The number of methoxy groups -OCH3 is 1. The number of pyridine rings is 1. The summed E-state index contributed by atoms with van der Waals surface area (Å²) in [5.41, 5.74) is 3.56. The number of benzene rings is 2. The van der Waals surface area contributed by atoms with E-state index in [0.29, 0.717) is 67.7 Å². The smallest absolute Gasteiger partial charge is 0.410 e. The van der Waals surface area contributed by atoms with Crippen molar-refractivity contribution in [2.75, 3.05) is 13.7 Å². The van der Waals surface area contributed by atoms with E-state index in [0.717, 1.165) is 18.4 Å². The summed E-state index contributed by atoms with van der Waals surface area (Å²) in [5, 5.41) is 16.2. The van der Waals surface area contributed by atoms with Crippen LogP contribution in [0.25, 0.3) is 39.2 Å². The van der Waals surface area contributed by atoms with E-state index in [2.05, 4.69) is 20.6 Å². The van der Waals surface area contributed by atoms with Gasteiger partial charge in [-0.05, 0) is 57.7 Å². The van der Waals surface area contributed by atoms with E-state index in [-0.39, 0.29) is 49.4 Å². The van der Waals surface area contributed by atoms with Crippen LogP contribution in [0, 0.1) is 0 Å². The number of fused-ring (bicyclic) bond motifs is 1. The standard InChI is InChI=1S/C42H43Cl2N7O7/c1-41(2,3)58-40(56)50(22-26-11-12-34(52)48-26)23-32-38(57-4)49-31(21-45-32)30-10-6-9-29(37(30)44)28-8-5-7-27(36(28)43)24-13-16-51-33(17-24)46-19-25(39(51)55)20-47-42(14-15-42)18-35(53)54/h5-10,13,16-17,19,21,26,47H,11-12,14-15,18,20,22-23H2,1-4H3,(H,48,52)(H,53,54)/t26-/m0/s1. The van der Waals surface area contributed by atoms with E-state index < -0.39 is 23.2 Å². The lowest BCUT2D eigenvalue weighted by Crippen LogP contribution is -2.44. The number of carboxylic acids is 1. The Hall–Kier alpha value is -5.57. The third kappa shape index (κ3) is 8.94. The van der Waals surface area contributed by atoms with Crippen LogP contribution >= 0.6 is 23.2 Å². The number of aromatic nitrogens is 4. The van der Waals surface area contributed by atoms with Gasteiger partial charge in [-0.1, -0.05) is 59.6 Å². The van der Waals surface area contributed by atoms with Crippen molar-refractivity contribution in [2.45, 2.75) is 83.1 Å². The Morgan fingerprint density at radius 2 is 1.71 bits per heavy atom. The van der Waals surface area contributed by atoms with Gasteiger partial charge in [-0.15, -0.1) is 0 Å². The van der Waals surface area contributed by atoms with Gasteiger partial charge in [0.15, 0.2) is 0 Å². The maximum absolute atomic E-state index is 13.4. The second-order valence-corrected chi connectivity index (χ2v) is 16.4. The minimum Gasteiger partial charge on any atom is -0.481 e. The van der Waals surface area contributed by atoms with E-state index in [4.69, 9.17) is 37.7 Å². The third-order valence-electron chi connectivity index (χ3n) is 10.2. The zero-order valence-corrected chi connectivity index (χ0v) is 34.0. The molecule has 7 rings (SSSR count). The highest BCUT2D eigenvalue weighted by Gasteiger charge is 2.44. The monoisotopic (exact) mass is 827 g/mol. The van der Waals surface area contributed by atoms with Gasteiger partial charge in [0.05, 0.1) is 47.6 Å². The summed E-state index contributed by atoms with van der Waals surface area (Å²) in [6.07, 6.45) is 6.68. The molecule has 14 nitrogen and oxygen atoms in total. The maximum Gasteiger partial charge on any atom is 0.410 e. The molecule has 302 valence electrons. The second kappa shape index (κ2) is 16.4. The quantitative estimate of drug-likeness (QED) is 0.112. The molecule has 2 aliphatic rings. The third-order valence-corrected chi connectivity index (χ3v) is 11.0. The first-order chi connectivity index (χ1) is 27.6. The van der Waals surface area contributed by atoms with Gasteiger partial charge >= 0.3 is 12.1 Å². The predicted molar refractivity (Wildman–Crippen MR) is 219 cm³/mol. The number of carbonyl (C=O) groups is 3. The van der Waals surface area contributed by atoms with Gasteiger partial charge in [0.2, 0.25) is 11.8 Å². The summed E-state index contributed by atoms with van der Waals surface area (Å²) in [6.45, 7) is 5.83. The maximum atomic E-state index is 13.4. The van der Waals surface area contributed by atoms with Crippen molar-refractivity contribution in [1.29, 1.82) is 0 Å². The Balaban J connectivity index is 1.14. The van der Waals surface area contributed by atoms with E-state index in [1.54, 1.807) is 45.3 Å². The Kier molecular flexibility index (Phi) is 11.5. The Bertz CT molecular complexity index is 2480. The first-order valence-corrected chi connectivity index (χ1v) is 19.6. The van der Waals surface area contributed by atoms with E-state index in [1.165, 1.54) is 22.6 Å². The molecule has 3 N–H and O–H groups in total. The number of carbonyl (C=O) groups excluding carboxylic acids is 2. The highest BCUT2D eigenvalue weighted by Crippen LogP contribution is 2.42. The average molecular weight is 829 g/mol. The number of hydrogen-bond donors (Lipinski definition) is 3. The van der Waals surface area contributed by atoms with Gasteiger partial charge in [-0.2, -0.15) is 0 Å². The minimum absolute atomic E-state index is 0.00643. The summed E-state index contributed by atoms with van der Waals surface area (Å²) in [6, 6.07) is 14.5. The summed E-state index contributed by atoms with van der Waals surface area (Å²) in [7, 11) is 1.47. The molecule has 2 aromatic carbocycles. The van der Waals surface area contributed by atoms with E-state index >= 15 is 0 Å². The molecular formula is C42H43Cl2N7O7. The Morgan fingerprint density at radius 1 is 1.02 bits per heavy atom. The summed E-state index contributed by atoms with van der Waals surface area (Å²) >= 11 is 14.2. The largest absolute Gasteiger partial charge is 0.481 e. The Morgan fingerprint density at radius 3 is 2.34 bits per heavy atom. The predicted octanol–water partition coefficient (Wildman–Crippen LogP) is 6.91.